The molecular formula is C15H16N4O2S2. The maximum Gasteiger partial charge on any atom is 0.307 e. The number of rotatable bonds is 4. The van der Waals surface area contributed by atoms with Gasteiger partial charge in [-0.1, -0.05) is 34.8 Å². The molecule has 120 valence electrons. The van der Waals surface area contributed by atoms with Gasteiger partial charge < -0.3 is 9.13 Å². The van der Waals surface area contributed by atoms with Crippen molar-refractivity contribution in [3.63, 3.8) is 0 Å². The lowest BCUT2D eigenvalue weighted by Gasteiger charge is -2.03. The van der Waals surface area contributed by atoms with Crippen LogP contribution in [0.2, 0.25) is 0 Å². The number of amides is 1. The molecule has 0 spiro atoms. The minimum atomic E-state index is -0.208. The zero-order chi connectivity index (χ0) is 16.4. The molecule has 0 atom stereocenters. The molecule has 0 radical (unpaired) electrons. The molecule has 2 heterocycles. The van der Waals surface area contributed by atoms with E-state index in [-0.39, 0.29) is 17.2 Å². The van der Waals surface area contributed by atoms with E-state index < -0.39 is 0 Å². The Morgan fingerprint density at radius 2 is 2.13 bits per heavy atom. The number of para-hydroxylation sites is 1. The van der Waals surface area contributed by atoms with Gasteiger partial charge in [0.25, 0.3) is 0 Å². The molecule has 0 fully saturated rings. The van der Waals surface area contributed by atoms with Crippen molar-refractivity contribution in [1.82, 2.24) is 14.6 Å². The van der Waals surface area contributed by atoms with E-state index in [2.05, 4.69) is 10.5 Å². The van der Waals surface area contributed by atoms with Crippen molar-refractivity contribution in [2.45, 2.75) is 19.9 Å². The number of fused-ring (bicyclic) bond motifs is 1. The lowest BCUT2D eigenvalue weighted by Crippen LogP contribution is -2.25. The summed E-state index contributed by atoms with van der Waals surface area (Å²) in [6.45, 7) is 2.23. The molecule has 0 saturated carbocycles. The Labute approximate surface area is 140 Å². The van der Waals surface area contributed by atoms with Crippen LogP contribution < -0.4 is 15.1 Å². The van der Waals surface area contributed by atoms with Gasteiger partial charge in [-0.05, 0) is 19.1 Å². The molecule has 0 aliphatic carbocycles. The van der Waals surface area contributed by atoms with Crippen molar-refractivity contribution in [2.24, 2.45) is 12.1 Å². The summed E-state index contributed by atoms with van der Waals surface area (Å²) in [6.07, 6.45) is 0.218. The molecule has 3 rings (SSSR count). The van der Waals surface area contributed by atoms with Crippen LogP contribution in [0.15, 0.2) is 39.5 Å². The fraction of sp³-hybridized carbons (Fsp3) is 0.267. The van der Waals surface area contributed by atoms with Crippen molar-refractivity contribution in [1.29, 1.82) is 0 Å². The van der Waals surface area contributed by atoms with Gasteiger partial charge in [-0.15, -0.1) is 5.10 Å². The molecule has 3 aromatic rings. The second-order valence-corrected chi connectivity index (χ2v) is 6.93. The lowest BCUT2D eigenvalue weighted by atomic mass is 10.3. The van der Waals surface area contributed by atoms with Crippen LogP contribution in [0, 0.1) is 6.92 Å². The monoisotopic (exact) mass is 348 g/mol. The molecular weight excluding hydrogens is 332 g/mol. The molecule has 0 unspecified atom stereocenters. The van der Waals surface area contributed by atoms with Gasteiger partial charge in [0.15, 0.2) is 0 Å². The van der Waals surface area contributed by atoms with Crippen molar-refractivity contribution in [3.05, 3.63) is 49.8 Å². The molecule has 8 heteroatoms. The minimum Gasteiger partial charge on any atom is -0.318 e. The van der Waals surface area contributed by atoms with Gasteiger partial charge >= 0.3 is 4.87 Å². The number of thiazole rings is 2. The smallest absolute Gasteiger partial charge is 0.307 e. The molecule has 1 N–H and O–H groups in total. The predicted octanol–water partition coefficient (Wildman–Crippen LogP) is 1.79. The van der Waals surface area contributed by atoms with Crippen LogP contribution in [0.25, 0.3) is 10.2 Å². The Morgan fingerprint density at radius 3 is 2.83 bits per heavy atom. The fourth-order valence-electron chi connectivity index (χ4n) is 2.24. The van der Waals surface area contributed by atoms with Crippen LogP contribution in [0.3, 0.4) is 0 Å². The van der Waals surface area contributed by atoms with Crippen molar-refractivity contribution in [3.8, 4) is 0 Å². The van der Waals surface area contributed by atoms with Gasteiger partial charge in [0.2, 0.25) is 10.7 Å². The quantitative estimate of drug-likeness (QED) is 0.731. The van der Waals surface area contributed by atoms with Gasteiger partial charge in [-0.2, -0.15) is 0 Å². The standard InChI is InChI=1S/C15H16N4O2S2/c1-10-9-22-15(21)19(10)8-7-13(20)16-17-14-18(2)11-5-3-4-6-12(11)23-14/h3-6,9H,7-8H2,1-2H3,(H,16,20)/b17-14-. The molecule has 0 bridgehead atoms. The summed E-state index contributed by atoms with van der Waals surface area (Å²) < 4.78 is 4.65. The lowest BCUT2D eigenvalue weighted by molar-refractivity contribution is -0.121. The van der Waals surface area contributed by atoms with Crippen LogP contribution in [-0.4, -0.2) is 15.0 Å². The first-order chi connectivity index (χ1) is 11.1. The first-order valence-corrected chi connectivity index (χ1v) is 8.78. The van der Waals surface area contributed by atoms with Gasteiger partial charge in [0.1, 0.15) is 0 Å². The molecule has 1 aromatic carbocycles. The van der Waals surface area contributed by atoms with Crippen LogP contribution in [0.4, 0.5) is 0 Å². The first-order valence-electron chi connectivity index (χ1n) is 7.08. The number of aryl methyl sites for hydroxylation is 2. The van der Waals surface area contributed by atoms with Gasteiger partial charge in [-0.3, -0.25) is 9.59 Å². The summed E-state index contributed by atoms with van der Waals surface area (Å²) >= 11 is 2.66. The van der Waals surface area contributed by atoms with Gasteiger partial charge in [-0.25, -0.2) is 5.43 Å². The molecule has 0 aliphatic rings. The van der Waals surface area contributed by atoms with E-state index in [1.807, 2.05) is 42.8 Å². The first kappa shape index (κ1) is 15.7. The number of nitrogens with one attached hydrogen (secondary N) is 1. The number of carbonyl (C=O) groups excluding carboxylic acids is 1. The zero-order valence-electron chi connectivity index (χ0n) is 12.8. The van der Waals surface area contributed by atoms with E-state index in [1.165, 1.54) is 11.3 Å². The van der Waals surface area contributed by atoms with E-state index in [9.17, 15) is 9.59 Å². The fourth-order valence-corrected chi connectivity index (χ4v) is 3.98. The van der Waals surface area contributed by atoms with Crippen LogP contribution in [0.5, 0.6) is 0 Å². The molecule has 0 aliphatic heterocycles. The SMILES string of the molecule is Cc1csc(=O)n1CCC(=O)N/N=c1\sc2ccccc2n1C. The maximum absolute atomic E-state index is 11.9. The minimum absolute atomic E-state index is 0.0388. The summed E-state index contributed by atoms with van der Waals surface area (Å²) in [5.41, 5.74) is 4.52. The van der Waals surface area contributed by atoms with Crippen molar-refractivity contribution in [2.75, 3.05) is 0 Å². The Kier molecular flexibility index (Phi) is 4.44. The number of carbonyl (C=O) groups is 1. The number of hydrogen-bond acceptors (Lipinski definition) is 5. The predicted molar refractivity (Wildman–Crippen MR) is 92.4 cm³/mol. The largest absolute Gasteiger partial charge is 0.318 e. The molecule has 2 aromatic heterocycles. The van der Waals surface area contributed by atoms with Crippen molar-refractivity contribution >= 4 is 38.8 Å². The third-order valence-corrected chi connectivity index (χ3v) is 5.52. The third-order valence-electron chi connectivity index (χ3n) is 3.53. The van der Waals surface area contributed by atoms with Crippen LogP contribution in [-0.2, 0) is 18.4 Å². The van der Waals surface area contributed by atoms with Crippen molar-refractivity contribution < 1.29 is 4.79 Å². The summed E-state index contributed by atoms with van der Waals surface area (Å²) in [5.74, 6) is -0.208. The average molecular weight is 348 g/mol. The van der Waals surface area contributed by atoms with E-state index in [0.29, 0.717) is 6.54 Å². The highest BCUT2D eigenvalue weighted by atomic mass is 32.1. The normalized spacial score (nSPS) is 12.0. The summed E-state index contributed by atoms with van der Waals surface area (Å²) in [7, 11) is 1.91. The van der Waals surface area contributed by atoms with E-state index in [0.717, 1.165) is 32.0 Å². The highest BCUT2D eigenvalue weighted by Crippen LogP contribution is 2.14. The van der Waals surface area contributed by atoms with Gasteiger partial charge in [0, 0.05) is 31.1 Å². The number of nitrogens with zero attached hydrogens (tertiary/aromatic N) is 3. The highest BCUT2D eigenvalue weighted by molar-refractivity contribution is 7.16. The zero-order valence-corrected chi connectivity index (χ0v) is 14.4. The summed E-state index contributed by atoms with van der Waals surface area (Å²) in [4.78, 5) is 24.2. The number of hydrogen-bond donors (Lipinski definition) is 1. The third kappa shape index (κ3) is 3.27. The Bertz CT molecular complexity index is 977. The molecule has 1 amide bonds. The summed E-state index contributed by atoms with van der Waals surface area (Å²) in [6, 6.07) is 7.98. The van der Waals surface area contributed by atoms with Gasteiger partial charge in [0.05, 0.1) is 10.2 Å². The molecule has 6 nitrogen and oxygen atoms in total. The van der Waals surface area contributed by atoms with E-state index in [1.54, 1.807) is 9.95 Å². The Balaban J connectivity index is 1.70. The van der Waals surface area contributed by atoms with Crippen LogP contribution >= 0.6 is 22.7 Å². The maximum atomic E-state index is 11.9. The topological polar surface area (TPSA) is 68.4 Å². The molecule has 23 heavy (non-hydrogen) atoms. The second-order valence-electron chi connectivity index (χ2n) is 5.10. The highest BCUT2D eigenvalue weighted by Gasteiger charge is 2.06. The summed E-state index contributed by atoms with van der Waals surface area (Å²) in [5, 5.41) is 5.98. The number of benzene rings is 1. The second kappa shape index (κ2) is 6.51. The Morgan fingerprint density at radius 1 is 1.35 bits per heavy atom. The van der Waals surface area contributed by atoms with E-state index in [4.69, 9.17) is 0 Å². The average Bonchev–Trinajstić information content (AvgIpc) is 3.04. The van der Waals surface area contributed by atoms with Crippen LogP contribution in [0.1, 0.15) is 12.1 Å². The van der Waals surface area contributed by atoms with E-state index >= 15 is 0 Å². The molecule has 0 saturated heterocycles. The number of aromatic nitrogens is 2. The Hall–Kier alpha value is -2.19.